The summed E-state index contributed by atoms with van der Waals surface area (Å²) >= 11 is 0. The van der Waals surface area contributed by atoms with Crippen LogP contribution in [0, 0.1) is 13.8 Å². The van der Waals surface area contributed by atoms with Gasteiger partial charge in [-0.1, -0.05) is 24.3 Å². The minimum atomic E-state index is -0.842. The van der Waals surface area contributed by atoms with E-state index >= 15 is 0 Å². The van der Waals surface area contributed by atoms with E-state index in [0.717, 1.165) is 44.9 Å². The van der Waals surface area contributed by atoms with Gasteiger partial charge in [-0.15, -0.1) is 0 Å². The van der Waals surface area contributed by atoms with E-state index in [9.17, 15) is 4.79 Å². The van der Waals surface area contributed by atoms with Crippen molar-refractivity contribution in [3.8, 4) is 11.4 Å². The second kappa shape index (κ2) is 6.68. The molecule has 0 saturated heterocycles. The number of carbonyl (C=O) groups is 1. The zero-order valence-electron chi connectivity index (χ0n) is 15.1. The number of carboxylic acids is 1. The molecule has 0 saturated carbocycles. The molecule has 7 heteroatoms. The van der Waals surface area contributed by atoms with Gasteiger partial charge in [0.15, 0.2) is 0 Å². The monoisotopic (exact) mass is 361 g/mol. The summed E-state index contributed by atoms with van der Waals surface area (Å²) in [5, 5.41) is 13.6. The Bertz CT molecular complexity index is 1090. The Kier molecular flexibility index (Phi) is 4.19. The smallest absolute Gasteiger partial charge is 0.307 e. The molecule has 136 valence electrons. The first-order valence-electron chi connectivity index (χ1n) is 8.65. The van der Waals surface area contributed by atoms with E-state index in [0.29, 0.717) is 6.54 Å². The zero-order chi connectivity index (χ0) is 19.0. The van der Waals surface area contributed by atoms with Crippen molar-refractivity contribution >= 4 is 17.0 Å². The largest absolute Gasteiger partial charge is 0.481 e. The van der Waals surface area contributed by atoms with E-state index in [4.69, 9.17) is 5.11 Å². The molecule has 0 aliphatic rings. The van der Waals surface area contributed by atoms with E-state index in [1.807, 2.05) is 48.9 Å². The third-order valence-electron chi connectivity index (χ3n) is 4.70. The molecule has 0 bridgehead atoms. The average molecular weight is 361 g/mol. The number of aliphatic carboxylic acids is 1. The molecule has 3 heterocycles. The van der Waals surface area contributed by atoms with Crippen LogP contribution in [0.2, 0.25) is 0 Å². The highest BCUT2D eigenvalue weighted by atomic mass is 16.4. The number of aryl methyl sites for hydroxylation is 1. The van der Waals surface area contributed by atoms with Gasteiger partial charge in [0.05, 0.1) is 35.9 Å². The Balaban J connectivity index is 1.57. The van der Waals surface area contributed by atoms with Crippen molar-refractivity contribution in [3.05, 3.63) is 65.2 Å². The Morgan fingerprint density at radius 1 is 1.19 bits per heavy atom. The minimum Gasteiger partial charge on any atom is -0.481 e. The normalized spacial score (nSPS) is 11.2. The highest BCUT2D eigenvalue weighted by Gasteiger charge is 2.14. The van der Waals surface area contributed by atoms with Gasteiger partial charge in [-0.05, 0) is 25.5 Å². The van der Waals surface area contributed by atoms with Crippen LogP contribution in [0.1, 0.15) is 22.5 Å². The topological polar surface area (TPSA) is 96.7 Å². The number of benzene rings is 1. The van der Waals surface area contributed by atoms with Crippen LogP contribution in [0.4, 0.5) is 0 Å². The molecular weight excluding hydrogens is 342 g/mol. The van der Waals surface area contributed by atoms with Crippen LogP contribution in [0.15, 0.2) is 42.7 Å². The molecule has 7 nitrogen and oxygen atoms in total. The van der Waals surface area contributed by atoms with Crippen LogP contribution in [-0.2, 0) is 17.8 Å². The van der Waals surface area contributed by atoms with Gasteiger partial charge < -0.3 is 10.1 Å². The lowest BCUT2D eigenvalue weighted by Crippen LogP contribution is -2.06. The van der Waals surface area contributed by atoms with Gasteiger partial charge in [0.25, 0.3) is 0 Å². The number of hydrogen-bond donors (Lipinski definition) is 2. The molecule has 4 aromatic rings. The van der Waals surface area contributed by atoms with E-state index in [2.05, 4.69) is 20.1 Å². The van der Waals surface area contributed by atoms with Crippen LogP contribution in [-0.4, -0.2) is 35.8 Å². The molecule has 0 radical (unpaired) electrons. The van der Waals surface area contributed by atoms with E-state index in [-0.39, 0.29) is 6.42 Å². The summed E-state index contributed by atoms with van der Waals surface area (Å²) in [6, 6.07) is 9.98. The molecule has 1 aromatic carbocycles. The molecule has 0 aliphatic carbocycles. The van der Waals surface area contributed by atoms with Crippen molar-refractivity contribution < 1.29 is 9.90 Å². The fourth-order valence-corrected chi connectivity index (χ4v) is 3.23. The van der Waals surface area contributed by atoms with Gasteiger partial charge in [0.1, 0.15) is 5.82 Å². The van der Waals surface area contributed by atoms with Crippen molar-refractivity contribution in [2.24, 2.45) is 0 Å². The summed E-state index contributed by atoms with van der Waals surface area (Å²) in [5.74, 6) is -0.0365. The number of aromatic nitrogens is 5. The van der Waals surface area contributed by atoms with E-state index < -0.39 is 5.97 Å². The average Bonchev–Trinajstić information content (AvgIpc) is 3.19. The second-order valence-electron chi connectivity index (χ2n) is 6.55. The number of pyridine rings is 1. The molecule has 0 spiro atoms. The molecule has 4 rings (SSSR count). The fraction of sp³-hybridized carbons (Fsp3) is 0.200. The fourth-order valence-electron chi connectivity index (χ4n) is 3.23. The highest BCUT2D eigenvalue weighted by Crippen LogP contribution is 2.21. The Hall–Kier alpha value is -3.48. The minimum absolute atomic E-state index is 0.00247. The lowest BCUT2D eigenvalue weighted by atomic mass is 10.1. The molecule has 0 atom stereocenters. The number of H-pyrrole nitrogens is 1. The maximum Gasteiger partial charge on any atom is 0.307 e. The summed E-state index contributed by atoms with van der Waals surface area (Å²) in [6.45, 7) is 4.35. The summed E-state index contributed by atoms with van der Waals surface area (Å²) in [4.78, 5) is 23.0. The van der Waals surface area contributed by atoms with Gasteiger partial charge in [-0.25, -0.2) is 4.98 Å². The molecule has 27 heavy (non-hydrogen) atoms. The number of imidazole rings is 1. The standard InChI is InChI=1S/C20H19N5O2/c1-12-16(9-19(26)27)13(2)25(24-12)11-14-3-5-15(6-4-14)20-22-17-7-8-21-10-18(17)23-20/h3-8,10H,9,11H2,1-2H3,(H,22,23)(H,26,27). The summed E-state index contributed by atoms with van der Waals surface area (Å²) < 4.78 is 1.86. The molecule has 0 unspecified atom stereocenters. The number of fused-ring (bicyclic) bond motifs is 1. The summed E-state index contributed by atoms with van der Waals surface area (Å²) in [6.07, 6.45) is 3.48. The van der Waals surface area contributed by atoms with Crippen molar-refractivity contribution in [1.29, 1.82) is 0 Å². The predicted octanol–water partition coefficient (Wildman–Crippen LogP) is 3.11. The molecule has 0 aliphatic heterocycles. The Morgan fingerprint density at radius 3 is 2.67 bits per heavy atom. The SMILES string of the molecule is Cc1nn(Cc2ccc(-c3nc4ccncc4[nH]3)cc2)c(C)c1CC(=O)O. The number of rotatable bonds is 5. The molecule has 3 aromatic heterocycles. The number of nitrogens with one attached hydrogen (secondary N) is 1. The molecular formula is C20H19N5O2. The summed E-state index contributed by atoms with van der Waals surface area (Å²) in [5.41, 5.74) is 6.32. The van der Waals surface area contributed by atoms with E-state index in [1.165, 1.54) is 0 Å². The number of hydrogen-bond acceptors (Lipinski definition) is 4. The van der Waals surface area contributed by atoms with Gasteiger partial charge in [-0.3, -0.25) is 14.5 Å². The second-order valence-corrected chi connectivity index (χ2v) is 6.55. The lowest BCUT2D eigenvalue weighted by molar-refractivity contribution is -0.136. The molecule has 0 fully saturated rings. The van der Waals surface area contributed by atoms with Crippen molar-refractivity contribution in [2.75, 3.05) is 0 Å². The maximum absolute atomic E-state index is 11.0. The quantitative estimate of drug-likeness (QED) is 0.569. The van der Waals surface area contributed by atoms with Crippen molar-refractivity contribution in [3.63, 3.8) is 0 Å². The Labute approximate surface area is 155 Å². The molecule has 2 N–H and O–H groups in total. The summed E-state index contributed by atoms with van der Waals surface area (Å²) in [7, 11) is 0. The predicted molar refractivity (Wildman–Crippen MR) is 101 cm³/mol. The van der Waals surface area contributed by atoms with Gasteiger partial charge in [0.2, 0.25) is 0 Å². The Morgan fingerprint density at radius 2 is 1.96 bits per heavy atom. The number of aromatic amines is 1. The third kappa shape index (κ3) is 3.31. The number of carboxylic acid groups (broad SMARTS) is 1. The van der Waals surface area contributed by atoms with Gasteiger partial charge >= 0.3 is 5.97 Å². The molecule has 0 amide bonds. The zero-order valence-corrected chi connectivity index (χ0v) is 15.1. The maximum atomic E-state index is 11.0. The van der Waals surface area contributed by atoms with E-state index in [1.54, 1.807) is 12.4 Å². The number of nitrogens with zero attached hydrogens (tertiary/aromatic N) is 4. The van der Waals surface area contributed by atoms with Crippen molar-refractivity contribution in [1.82, 2.24) is 24.7 Å². The van der Waals surface area contributed by atoms with Gasteiger partial charge in [-0.2, -0.15) is 5.10 Å². The van der Waals surface area contributed by atoms with Crippen LogP contribution >= 0.6 is 0 Å². The third-order valence-corrected chi connectivity index (χ3v) is 4.70. The van der Waals surface area contributed by atoms with Gasteiger partial charge in [0, 0.05) is 23.0 Å². The van der Waals surface area contributed by atoms with Crippen LogP contribution in [0.25, 0.3) is 22.4 Å². The van der Waals surface area contributed by atoms with Crippen LogP contribution in [0.3, 0.4) is 0 Å². The first-order chi connectivity index (χ1) is 13.0. The highest BCUT2D eigenvalue weighted by molar-refractivity contribution is 5.78. The van der Waals surface area contributed by atoms with Crippen molar-refractivity contribution in [2.45, 2.75) is 26.8 Å². The first-order valence-corrected chi connectivity index (χ1v) is 8.65. The first kappa shape index (κ1) is 17.0. The van der Waals surface area contributed by atoms with Crippen LogP contribution < -0.4 is 0 Å². The lowest BCUT2D eigenvalue weighted by Gasteiger charge is -2.06. The van der Waals surface area contributed by atoms with Crippen LogP contribution in [0.5, 0.6) is 0 Å².